The molecular formula is C21H14FN5O4S. The van der Waals surface area contributed by atoms with E-state index in [-0.39, 0.29) is 22.1 Å². The van der Waals surface area contributed by atoms with E-state index in [0.717, 1.165) is 10.6 Å². The van der Waals surface area contributed by atoms with E-state index in [2.05, 4.69) is 14.7 Å². The molecular weight excluding hydrogens is 437 g/mol. The van der Waals surface area contributed by atoms with Crippen molar-refractivity contribution in [3.63, 3.8) is 0 Å². The number of nitrogens with one attached hydrogen (secondary N) is 1. The Morgan fingerprint density at radius 1 is 1.09 bits per heavy atom. The highest BCUT2D eigenvalue weighted by atomic mass is 32.2. The first-order valence-corrected chi connectivity index (χ1v) is 10.5. The smallest absolute Gasteiger partial charge is 0.293 e. The first kappa shape index (κ1) is 21.0. The van der Waals surface area contributed by atoms with E-state index >= 15 is 0 Å². The zero-order chi connectivity index (χ0) is 22.9. The van der Waals surface area contributed by atoms with Crippen molar-refractivity contribution >= 4 is 21.4 Å². The van der Waals surface area contributed by atoms with Crippen LogP contribution in [-0.2, 0) is 10.0 Å². The number of hydrogen-bond acceptors (Lipinski definition) is 7. The van der Waals surface area contributed by atoms with Gasteiger partial charge in [-0.15, -0.1) is 0 Å². The molecule has 32 heavy (non-hydrogen) atoms. The van der Waals surface area contributed by atoms with Crippen LogP contribution < -0.4 is 15.0 Å². The van der Waals surface area contributed by atoms with Gasteiger partial charge in [-0.25, -0.2) is 18.4 Å². The second kappa shape index (κ2) is 8.09. The SMILES string of the molecule is COc1ncc(-c2ccc3ncc(F)c(=O)n3c2)cc1NS(=O)(=O)c1ccc(C#N)cc1. The maximum Gasteiger partial charge on any atom is 0.293 e. The topological polar surface area (TPSA) is 126 Å². The van der Waals surface area contributed by atoms with Crippen LogP contribution in [0.3, 0.4) is 0 Å². The number of sulfonamides is 1. The third kappa shape index (κ3) is 3.86. The van der Waals surface area contributed by atoms with Gasteiger partial charge in [0.1, 0.15) is 11.3 Å². The van der Waals surface area contributed by atoms with Crippen molar-refractivity contribution in [2.75, 3.05) is 11.8 Å². The van der Waals surface area contributed by atoms with Crippen LogP contribution in [0, 0.1) is 17.1 Å². The summed E-state index contributed by atoms with van der Waals surface area (Å²) in [6.07, 6.45) is 3.66. The first-order chi connectivity index (χ1) is 15.3. The van der Waals surface area contributed by atoms with Gasteiger partial charge in [0, 0.05) is 23.5 Å². The van der Waals surface area contributed by atoms with Gasteiger partial charge < -0.3 is 4.74 Å². The molecule has 9 nitrogen and oxygen atoms in total. The Hall–Kier alpha value is -4.30. The van der Waals surface area contributed by atoms with Crippen LogP contribution in [0.1, 0.15) is 5.56 Å². The Morgan fingerprint density at radius 2 is 1.84 bits per heavy atom. The molecule has 0 unspecified atom stereocenters. The van der Waals surface area contributed by atoms with Gasteiger partial charge >= 0.3 is 0 Å². The molecule has 11 heteroatoms. The Kier molecular flexibility index (Phi) is 5.29. The second-order valence-electron chi connectivity index (χ2n) is 6.58. The zero-order valence-electron chi connectivity index (χ0n) is 16.5. The van der Waals surface area contributed by atoms with Gasteiger partial charge in [-0.2, -0.15) is 9.65 Å². The number of halogens is 1. The Labute approximate surface area is 181 Å². The van der Waals surface area contributed by atoms with Gasteiger partial charge in [0.15, 0.2) is 0 Å². The van der Waals surface area contributed by atoms with Gasteiger partial charge in [-0.1, -0.05) is 0 Å². The number of nitriles is 1. The molecule has 0 atom stereocenters. The quantitative estimate of drug-likeness (QED) is 0.494. The second-order valence-corrected chi connectivity index (χ2v) is 8.26. The molecule has 0 aliphatic carbocycles. The molecule has 0 spiro atoms. The number of nitrogens with zero attached hydrogens (tertiary/aromatic N) is 4. The molecule has 4 aromatic rings. The van der Waals surface area contributed by atoms with Crippen LogP contribution in [0.15, 0.2) is 70.7 Å². The number of rotatable bonds is 5. The monoisotopic (exact) mass is 451 g/mol. The molecule has 160 valence electrons. The van der Waals surface area contributed by atoms with Crippen molar-refractivity contribution in [1.82, 2.24) is 14.4 Å². The predicted octanol–water partition coefficient (Wildman–Crippen LogP) is 2.58. The number of anilines is 1. The lowest BCUT2D eigenvalue weighted by molar-refractivity contribution is 0.400. The van der Waals surface area contributed by atoms with Crippen LogP contribution in [0.2, 0.25) is 0 Å². The van der Waals surface area contributed by atoms with Crippen LogP contribution in [0.4, 0.5) is 10.1 Å². The number of ether oxygens (including phenoxy) is 1. The number of fused-ring (bicyclic) bond motifs is 1. The summed E-state index contributed by atoms with van der Waals surface area (Å²) < 4.78 is 47.9. The number of hydrogen-bond donors (Lipinski definition) is 1. The first-order valence-electron chi connectivity index (χ1n) is 9.07. The minimum Gasteiger partial charge on any atom is -0.480 e. The highest BCUT2D eigenvalue weighted by molar-refractivity contribution is 7.92. The molecule has 0 saturated carbocycles. The van der Waals surface area contributed by atoms with Gasteiger partial charge in [0.2, 0.25) is 11.7 Å². The Balaban J connectivity index is 1.76. The molecule has 3 heterocycles. The minimum atomic E-state index is -4.01. The maximum absolute atomic E-state index is 13.6. The fourth-order valence-corrected chi connectivity index (χ4v) is 4.03. The number of pyridine rings is 2. The molecule has 3 aromatic heterocycles. The summed E-state index contributed by atoms with van der Waals surface area (Å²) >= 11 is 0. The number of aromatic nitrogens is 3. The largest absolute Gasteiger partial charge is 0.480 e. The lowest BCUT2D eigenvalue weighted by Crippen LogP contribution is -2.18. The lowest BCUT2D eigenvalue weighted by atomic mass is 10.1. The summed E-state index contributed by atoms with van der Waals surface area (Å²) in [5.74, 6) is -0.972. The van der Waals surface area contributed by atoms with Crippen LogP contribution in [-0.4, -0.2) is 29.9 Å². The summed E-state index contributed by atoms with van der Waals surface area (Å²) in [6.45, 7) is 0. The molecule has 0 radical (unpaired) electrons. The summed E-state index contributed by atoms with van der Waals surface area (Å²) in [5.41, 5.74) is 0.688. The molecule has 0 fully saturated rings. The van der Waals surface area contributed by atoms with E-state index in [1.54, 1.807) is 6.07 Å². The molecule has 4 rings (SSSR count). The highest BCUT2D eigenvalue weighted by Crippen LogP contribution is 2.30. The summed E-state index contributed by atoms with van der Waals surface area (Å²) in [6, 6.07) is 12.0. The third-order valence-corrected chi connectivity index (χ3v) is 5.96. The average Bonchev–Trinajstić information content (AvgIpc) is 2.81. The van der Waals surface area contributed by atoms with Gasteiger partial charge in [-0.05, 0) is 42.5 Å². The normalized spacial score (nSPS) is 11.2. The van der Waals surface area contributed by atoms with Gasteiger partial charge in [0.05, 0.1) is 29.8 Å². The van der Waals surface area contributed by atoms with Crippen molar-refractivity contribution in [3.8, 4) is 23.1 Å². The summed E-state index contributed by atoms with van der Waals surface area (Å²) in [5, 5.41) is 8.89. The van der Waals surface area contributed by atoms with Gasteiger partial charge in [0.25, 0.3) is 15.6 Å². The molecule has 0 aliphatic rings. The van der Waals surface area contributed by atoms with Crippen molar-refractivity contribution in [2.24, 2.45) is 0 Å². The molecule has 0 aliphatic heterocycles. The van der Waals surface area contributed by atoms with E-state index in [1.807, 2.05) is 6.07 Å². The van der Waals surface area contributed by atoms with Crippen molar-refractivity contribution < 1.29 is 17.5 Å². The maximum atomic E-state index is 13.6. The molecule has 0 saturated heterocycles. The lowest BCUT2D eigenvalue weighted by Gasteiger charge is -2.13. The van der Waals surface area contributed by atoms with E-state index in [1.165, 1.54) is 55.9 Å². The van der Waals surface area contributed by atoms with E-state index in [4.69, 9.17) is 10.00 Å². The fraction of sp³-hybridized carbons (Fsp3) is 0.0476. The van der Waals surface area contributed by atoms with Crippen molar-refractivity contribution in [3.05, 3.63) is 82.8 Å². The van der Waals surface area contributed by atoms with E-state index in [9.17, 15) is 17.6 Å². The number of methoxy groups -OCH3 is 1. The highest BCUT2D eigenvalue weighted by Gasteiger charge is 2.18. The predicted molar refractivity (Wildman–Crippen MR) is 113 cm³/mol. The summed E-state index contributed by atoms with van der Waals surface area (Å²) in [4.78, 5) is 20.0. The molecule has 1 aromatic carbocycles. The Morgan fingerprint density at radius 3 is 2.53 bits per heavy atom. The van der Waals surface area contributed by atoms with Crippen LogP contribution >= 0.6 is 0 Å². The van der Waals surface area contributed by atoms with E-state index in [0.29, 0.717) is 16.7 Å². The minimum absolute atomic E-state index is 0.0247. The van der Waals surface area contributed by atoms with Crippen molar-refractivity contribution in [2.45, 2.75) is 4.90 Å². The van der Waals surface area contributed by atoms with Gasteiger partial charge in [-0.3, -0.25) is 13.9 Å². The molecule has 1 N–H and O–H groups in total. The van der Waals surface area contributed by atoms with Crippen LogP contribution in [0.5, 0.6) is 5.88 Å². The standard InChI is InChI=1S/C21H14FN5O4S/c1-31-20-18(26-32(29,30)16-5-2-13(9-23)3-6-16)8-15(10-25-20)14-4-7-19-24-11-17(22)21(28)27(19)12-14/h2-8,10-12,26H,1H3. The number of benzene rings is 1. The fourth-order valence-electron chi connectivity index (χ4n) is 2.98. The average molecular weight is 451 g/mol. The molecule has 0 amide bonds. The molecule has 0 bridgehead atoms. The van der Waals surface area contributed by atoms with E-state index < -0.39 is 21.4 Å². The van der Waals surface area contributed by atoms with Crippen LogP contribution in [0.25, 0.3) is 16.8 Å². The Bertz CT molecular complexity index is 1540. The third-order valence-electron chi connectivity index (χ3n) is 4.58. The van der Waals surface area contributed by atoms with Crippen molar-refractivity contribution in [1.29, 1.82) is 5.26 Å². The zero-order valence-corrected chi connectivity index (χ0v) is 17.3. The summed E-state index contributed by atoms with van der Waals surface area (Å²) in [7, 11) is -2.67.